The minimum absolute atomic E-state index is 0.363. The van der Waals surface area contributed by atoms with Gasteiger partial charge in [0.05, 0.1) is 0 Å². The molecule has 1 aromatic rings. The van der Waals surface area contributed by atoms with Gasteiger partial charge in [-0.15, -0.1) is 0 Å². The topological polar surface area (TPSA) is 45.5 Å². The van der Waals surface area contributed by atoms with E-state index in [0.717, 1.165) is 23.7 Å². The molecular weight excluding hydrogens is 260 g/mol. The monoisotopic (exact) mass is 284 g/mol. The molecule has 5 heteroatoms. The van der Waals surface area contributed by atoms with E-state index >= 15 is 0 Å². The lowest BCUT2D eigenvalue weighted by molar-refractivity contribution is 0.0686. The molecule has 0 saturated carbocycles. The van der Waals surface area contributed by atoms with Crippen LogP contribution in [0.4, 0.5) is 0 Å². The molecule has 0 bridgehead atoms. The van der Waals surface area contributed by atoms with Gasteiger partial charge in [-0.1, -0.05) is 20.3 Å². The predicted octanol–water partition coefficient (Wildman–Crippen LogP) is 3.55. The van der Waals surface area contributed by atoms with Crippen molar-refractivity contribution in [3.63, 3.8) is 0 Å². The maximum absolute atomic E-state index is 11.0. The molecule has 1 fully saturated rings. The standard InChI is InChI=1S/C12H18N2O2S.C2H6/c1-9-11(8-10(12(15)16)13(9)2)17-14-6-4-3-5-7-14;1-2/h8H,3-7H2,1-2H3,(H,15,16);1-2H3. The zero-order valence-electron chi connectivity index (χ0n) is 12.3. The van der Waals surface area contributed by atoms with E-state index in [9.17, 15) is 4.79 Å². The van der Waals surface area contributed by atoms with Crippen LogP contribution in [-0.2, 0) is 7.05 Å². The number of piperidine rings is 1. The number of aromatic nitrogens is 1. The van der Waals surface area contributed by atoms with Crippen LogP contribution in [0.2, 0.25) is 0 Å². The van der Waals surface area contributed by atoms with E-state index in [1.807, 2.05) is 20.8 Å². The first-order valence-corrected chi connectivity index (χ1v) is 7.69. The molecule has 1 saturated heterocycles. The van der Waals surface area contributed by atoms with Crippen LogP contribution in [0.1, 0.15) is 49.3 Å². The highest BCUT2D eigenvalue weighted by Gasteiger charge is 2.18. The van der Waals surface area contributed by atoms with Crippen molar-refractivity contribution >= 4 is 17.9 Å². The number of carbonyl (C=O) groups is 1. The molecule has 0 aromatic carbocycles. The molecule has 0 atom stereocenters. The molecule has 1 aliphatic rings. The van der Waals surface area contributed by atoms with Crippen LogP contribution in [0.25, 0.3) is 0 Å². The van der Waals surface area contributed by atoms with Crippen molar-refractivity contribution in [3.8, 4) is 0 Å². The summed E-state index contributed by atoms with van der Waals surface area (Å²) >= 11 is 1.69. The second kappa shape index (κ2) is 7.60. The molecule has 0 unspecified atom stereocenters. The highest BCUT2D eigenvalue weighted by atomic mass is 32.2. The van der Waals surface area contributed by atoms with Crippen LogP contribution in [0.15, 0.2) is 11.0 Å². The summed E-state index contributed by atoms with van der Waals surface area (Å²) in [6.07, 6.45) is 3.79. The molecular formula is C14H24N2O2S. The molecule has 1 N–H and O–H groups in total. The van der Waals surface area contributed by atoms with Gasteiger partial charge in [0.25, 0.3) is 0 Å². The number of carboxylic acids is 1. The molecule has 0 radical (unpaired) electrons. The smallest absolute Gasteiger partial charge is 0.352 e. The van der Waals surface area contributed by atoms with Gasteiger partial charge in [0.1, 0.15) is 5.69 Å². The minimum atomic E-state index is -0.860. The van der Waals surface area contributed by atoms with E-state index in [1.165, 1.54) is 19.3 Å². The van der Waals surface area contributed by atoms with Crippen molar-refractivity contribution in [3.05, 3.63) is 17.5 Å². The number of rotatable bonds is 3. The summed E-state index contributed by atoms with van der Waals surface area (Å²) in [5.41, 5.74) is 1.39. The lowest BCUT2D eigenvalue weighted by Crippen LogP contribution is -2.22. The van der Waals surface area contributed by atoms with Gasteiger partial charge in [0.15, 0.2) is 0 Å². The summed E-state index contributed by atoms with van der Waals surface area (Å²) in [5.74, 6) is -0.860. The van der Waals surface area contributed by atoms with Crippen LogP contribution in [0.3, 0.4) is 0 Å². The van der Waals surface area contributed by atoms with Gasteiger partial charge < -0.3 is 9.67 Å². The Kier molecular flexibility index (Phi) is 6.45. The first-order valence-electron chi connectivity index (χ1n) is 6.92. The third-order valence-corrected chi connectivity index (χ3v) is 4.48. The number of aromatic carboxylic acids is 1. The Morgan fingerprint density at radius 3 is 2.32 bits per heavy atom. The highest BCUT2D eigenvalue weighted by molar-refractivity contribution is 7.97. The Labute approximate surface area is 119 Å². The Morgan fingerprint density at radius 1 is 1.26 bits per heavy atom. The quantitative estimate of drug-likeness (QED) is 0.862. The van der Waals surface area contributed by atoms with Crippen molar-refractivity contribution in [1.82, 2.24) is 8.87 Å². The molecule has 0 aliphatic carbocycles. The fraction of sp³-hybridized carbons (Fsp3) is 0.643. The van der Waals surface area contributed by atoms with Gasteiger partial charge in [0, 0.05) is 30.7 Å². The van der Waals surface area contributed by atoms with Crippen molar-refractivity contribution < 1.29 is 9.90 Å². The minimum Gasteiger partial charge on any atom is -0.477 e. The Morgan fingerprint density at radius 2 is 1.84 bits per heavy atom. The van der Waals surface area contributed by atoms with Gasteiger partial charge in [-0.05, 0) is 37.8 Å². The largest absolute Gasteiger partial charge is 0.477 e. The summed E-state index contributed by atoms with van der Waals surface area (Å²) in [5, 5.41) is 9.07. The first kappa shape index (κ1) is 16.1. The van der Waals surface area contributed by atoms with Gasteiger partial charge in [-0.25, -0.2) is 9.10 Å². The van der Waals surface area contributed by atoms with E-state index in [1.54, 1.807) is 29.6 Å². The van der Waals surface area contributed by atoms with E-state index < -0.39 is 5.97 Å². The average molecular weight is 284 g/mol. The van der Waals surface area contributed by atoms with Crippen molar-refractivity contribution in [2.45, 2.75) is 44.9 Å². The Balaban J connectivity index is 0.000000861. The fourth-order valence-corrected chi connectivity index (χ4v) is 3.22. The Bertz CT molecular complexity index is 423. The summed E-state index contributed by atoms with van der Waals surface area (Å²) in [6.45, 7) is 8.17. The van der Waals surface area contributed by atoms with Crippen LogP contribution in [0, 0.1) is 6.92 Å². The molecule has 108 valence electrons. The van der Waals surface area contributed by atoms with E-state index in [2.05, 4.69) is 4.31 Å². The van der Waals surface area contributed by atoms with Crippen LogP contribution < -0.4 is 0 Å². The second-order valence-corrected chi connectivity index (χ2v) is 5.56. The highest BCUT2D eigenvalue weighted by Crippen LogP contribution is 2.30. The van der Waals surface area contributed by atoms with Gasteiger partial charge in [-0.2, -0.15) is 0 Å². The van der Waals surface area contributed by atoms with Crippen molar-refractivity contribution in [1.29, 1.82) is 0 Å². The van der Waals surface area contributed by atoms with E-state index in [0.29, 0.717) is 5.69 Å². The lowest BCUT2D eigenvalue weighted by atomic mass is 10.2. The maximum Gasteiger partial charge on any atom is 0.352 e. The summed E-state index contributed by atoms with van der Waals surface area (Å²) < 4.78 is 4.08. The SMILES string of the molecule is CC.Cc1c(SN2CCCCC2)cc(C(=O)O)n1C. The van der Waals surface area contributed by atoms with Crippen LogP contribution in [0.5, 0.6) is 0 Å². The number of nitrogens with zero attached hydrogens (tertiary/aromatic N) is 2. The normalized spacial score (nSPS) is 15.8. The number of carboxylic acid groups (broad SMARTS) is 1. The second-order valence-electron chi connectivity index (χ2n) is 4.42. The molecule has 2 heterocycles. The van der Waals surface area contributed by atoms with Crippen LogP contribution in [-0.4, -0.2) is 33.0 Å². The molecule has 19 heavy (non-hydrogen) atoms. The molecule has 0 spiro atoms. The summed E-state index contributed by atoms with van der Waals surface area (Å²) in [6, 6.07) is 1.77. The molecule has 4 nitrogen and oxygen atoms in total. The predicted molar refractivity (Wildman–Crippen MR) is 79.7 cm³/mol. The third kappa shape index (κ3) is 4.01. The zero-order valence-corrected chi connectivity index (χ0v) is 13.1. The van der Waals surface area contributed by atoms with E-state index in [-0.39, 0.29) is 0 Å². The van der Waals surface area contributed by atoms with Gasteiger partial charge >= 0.3 is 5.97 Å². The van der Waals surface area contributed by atoms with E-state index in [4.69, 9.17) is 5.11 Å². The first-order chi connectivity index (χ1) is 9.09. The maximum atomic E-state index is 11.0. The van der Waals surface area contributed by atoms with Crippen molar-refractivity contribution in [2.24, 2.45) is 7.05 Å². The number of hydrogen-bond acceptors (Lipinski definition) is 3. The Hall–Kier alpha value is -0.940. The molecule has 0 amide bonds. The molecule has 1 aromatic heterocycles. The van der Waals surface area contributed by atoms with Gasteiger partial charge in [0.2, 0.25) is 0 Å². The molecule has 2 rings (SSSR count). The zero-order chi connectivity index (χ0) is 14.4. The summed E-state index contributed by atoms with van der Waals surface area (Å²) in [4.78, 5) is 12.1. The van der Waals surface area contributed by atoms with Crippen LogP contribution >= 0.6 is 11.9 Å². The summed E-state index contributed by atoms with van der Waals surface area (Å²) in [7, 11) is 1.80. The van der Waals surface area contributed by atoms with Crippen molar-refractivity contribution in [2.75, 3.05) is 13.1 Å². The fourth-order valence-electron chi connectivity index (χ4n) is 2.06. The third-order valence-electron chi connectivity index (χ3n) is 3.25. The van der Waals surface area contributed by atoms with Gasteiger partial charge in [-0.3, -0.25) is 0 Å². The lowest BCUT2D eigenvalue weighted by Gasteiger charge is -2.24. The molecule has 1 aliphatic heterocycles. The average Bonchev–Trinajstić information content (AvgIpc) is 2.71. The number of hydrogen-bond donors (Lipinski definition) is 1.